The largest absolute Gasteiger partial charge is 0.481 e. The Morgan fingerprint density at radius 3 is 2.47 bits per heavy atom. The highest BCUT2D eigenvalue weighted by molar-refractivity contribution is 6.01. The second-order valence-corrected chi connectivity index (χ2v) is 11.0. The minimum atomic E-state index is -2.19. The summed E-state index contributed by atoms with van der Waals surface area (Å²) in [6, 6.07) is 0. The molecule has 9 heteroatoms. The molecule has 0 aliphatic heterocycles. The van der Waals surface area contributed by atoms with Crippen molar-refractivity contribution in [1.29, 1.82) is 0 Å². The molecule has 0 aromatic carbocycles. The lowest BCUT2D eigenvalue weighted by atomic mass is 9.46. The number of allylic oxidation sites excluding steroid dienone is 4. The molecule has 2 unspecified atom stereocenters. The summed E-state index contributed by atoms with van der Waals surface area (Å²) >= 11 is 0. The number of carboxylic acid groups (broad SMARTS) is 2. The number of Topliss-reactive ketones (excluding diaryl/α,β-unsaturated/α-hetero) is 1. The van der Waals surface area contributed by atoms with Crippen molar-refractivity contribution in [1.82, 2.24) is 0 Å². The van der Waals surface area contributed by atoms with E-state index in [2.05, 4.69) is 0 Å². The fourth-order valence-corrected chi connectivity index (χ4v) is 7.68. The van der Waals surface area contributed by atoms with Crippen molar-refractivity contribution >= 4 is 23.5 Å². The lowest BCUT2D eigenvalue weighted by Crippen LogP contribution is -2.63. The summed E-state index contributed by atoms with van der Waals surface area (Å²) in [7, 11) is 0. The van der Waals surface area contributed by atoms with Crippen molar-refractivity contribution in [3.63, 3.8) is 0 Å². The standard InChI is InChI=1S/C25H32O9/c1-23-7-5-13(26)9-12(23)3-4-14-16-6-8-25(34,24(16,2)11-17(27)19(14)23)21(31)20(30)15(22(32)33)10-18(28)29/h5,7,9,14-17,19-20,27,30,34H,3-4,6,8,10-11H2,1-2H3,(H,28,29)(H,32,33)/t14-,15?,16-,17-,19+,20?,23-,24-,25-/m0/s1. The van der Waals surface area contributed by atoms with Crippen molar-refractivity contribution in [2.75, 3.05) is 0 Å². The van der Waals surface area contributed by atoms with E-state index in [0.29, 0.717) is 19.3 Å². The number of ketones is 2. The van der Waals surface area contributed by atoms with Crippen LogP contribution in [0.3, 0.4) is 0 Å². The average Bonchev–Trinajstić information content (AvgIpc) is 3.02. The summed E-state index contributed by atoms with van der Waals surface area (Å²) in [4.78, 5) is 47.9. The van der Waals surface area contributed by atoms with Crippen LogP contribution < -0.4 is 0 Å². The van der Waals surface area contributed by atoms with Gasteiger partial charge in [-0.25, -0.2) is 0 Å². The van der Waals surface area contributed by atoms with Gasteiger partial charge in [0, 0.05) is 16.7 Å². The summed E-state index contributed by atoms with van der Waals surface area (Å²) in [5.41, 5.74) is -2.76. The Bertz CT molecular complexity index is 998. The van der Waals surface area contributed by atoms with Gasteiger partial charge in [0.2, 0.25) is 0 Å². The fraction of sp³-hybridized carbons (Fsp3) is 0.680. The molecule has 34 heavy (non-hydrogen) atoms. The molecule has 0 radical (unpaired) electrons. The first kappa shape index (κ1) is 24.8. The first-order valence-corrected chi connectivity index (χ1v) is 11.8. The minimum absolute atomic E-state index is 0.00680. The van der Waals surface area contributed by atoms with Gasteiger partial charge >= 0.3 is 11.9 Å². The maximum atomic E-state index is 13.4. The van der Waals surface area contributed by atoms with Gasteiger partial charge in [0.1, 0.15) is 17.6 Å². The Kier molecular flexibility index (Phi) is 5.90. The van der Waals surface area contributed by atoms with Gasteiger partial charge in [-0.15, -0.1) is 0 Å². The van der Waals surface area contributed by atoms with Crippen molar-refractivity contribution in [2.24, 2.45) is 34.5 Å². The van der Waals surface area contributed by atoms with Gasteiger partial charge in [-0.1, -0.05) is 25.5 Å². The van der Waals surface area contributed by atoms with Gasteiger partial charge in [-0.05, 0) is 56.1 Å². The third kappa shape index (κ3) is 3.39. The molecule has 4 rings (SSSR count). The maximum absolute atomic E-state index is 13.4. The molecule has 9 nitrogen and oxygen atoms in total. The molecule has 3 fully saturated rings. The molecule has 0 saturated heterocycles. The zero-order chi connectivity index (χ0) is 25.2. The first-order valence-electron chi connectivity index (χ1n) is 11.8. The van der Waals surface area contributed by atoms with Crippen LogP contribution in [0, 0.1) is 34.5 Å². The van der Waals surface area contributed by atoms with E-state index in [1.165, 1.54) is 6.08 Å². The highest BCUT2D eigenvalue weighted by atomic mass is 16.4. The molecule has 0 amide bonds. The molecule has 186 valence electrons. The van der Waals surface area contributed by atoms with Crippen LogP contribution in [-0.2, 0) is 19.2 Å². The molecule has 0 bridgehead atoms. The van der Waals surface area contributed by atoms with Gasteiger partial charge < -0.3 is 25.5 Å². The number of aliphatic hydroxyl groups excluding tert-OH is 2. The number of carbonyl (C=O) groups excluding carboxylic acids is 2. The van der Waals surface area contributed by atoms with E-state index in [1.807, 2.05) is 13.0 Å². The molecule has 3 saturated carbocycles. The SMILES string of the molecule is C[C@]12C=CC(=O)C=C1CC[C@@H]1[C@@H]2[C@@H](O)C[C@@]2(C)[C@H]1CC[C@]2(O)C(=O)C(O)C(CC(=O)O)C(=O)O. The molecular formula is C25H32O9. The summed E-state index contributed by atoms with van der Waals surface area (Å²) in [5, 5.41) is 52.0. The van der Waals surface area contributed by atoms with E-state index < -0.39 is 58.7 Å². The van der Waals surface area contributed by atoms with E-state index in [1.54, 1.807) is 13.0 Å². The van der Waals surface area contributed by atoms with E-state index in [-0.39, 0.29) is 36.4 Å². The van der Waals surface area contributed by atoms with Gasteiger partial charge in [0.15, 0.2) is 11.6 Å². The Balaban J connectivity index is 1.66. The zero-order valence-corrected chi connectivity index (χ0v) is 19.3. The van der Waals surface area contributed by atoms with Gasteiger partial charge in [-0.3, -0.25) is 19.2 Å². The van der Waals surface area contributed by atoms with Crippen molar-refractivity contribution in [3.8, 4) is 0 Å². The third-order valence-electron chi connectivity index (χ3n) is 9.42. The van der Waals surface area contributed by atoms with E-state index >= 15 is 0 Å². The topological polar surface area (TPSA) is 169 Å². The van der Waals surface area contributed by atoms with Gasteiger partial charge in [0.05, 0.1) is 12.5 Å². The highest BCUT2D eigenvalue weighted by Crippen LogP contribution is 2.67. The second kappa shape index (κ2) is 8.10. The zero-order valence-electron chi connectivity index (χ0n) is 19.3. The predicted octanol–water partition coefficient (Wildman–Crippen LogP) is 1.10. The van der Waals surface area contributed by atoms with Crippen molar-refractivity contribution in [3.05, 3.63) is 23.8 Å². The van der Waals surface area contributed by atoms with E-state index in [9.17, 15) is 39.6 Å². The summed E-state index contributed by atoms with van der Waals surface area (Å²) < 4.78 is 0. The molecule has 0 spiro atoms. The van der Waals surface area contributed by atoms with Gasteiger partial charge in [0.25, 0.3) is 0 Å². The third-order valence-corrected chi connectivity index (χ3v) is 9.42. The van der Waals surface area contributed by atoms with Crippen LogP contribution in [0.15, 0.2) is 23.8 Å². The molecule has 9 atom stereocenters. The minimum Gasteiger partial charge on any atom is -0.481 e. The smallest absolute Gasteiger partial charge is 0.310 e. The molecule has 0 aromatic rings. The van der Waals surface area contributed by atoms with Crippen LogP contribution in [0.1, 0.15) is 52.4 Å². The predicted molar refractivity (Wildman–Crippen MR) is 117 cm³/mol. The normalized spacial score (nSPS) is 42.6. The van der Waals surface area contributed by atoms with Crippen LogP contribution in [0.5, 0.6) is 0 Å². The van der Waals surface area contributed by atoms with Crippen LogP contribution in [0.4, 0.5) is 0 Å². The number of hydrogen-bond donors (Lipinski definition) is 5. The molecule has 5 N–H and O–H groups in total. The van der Waals surface area contributed by atoms with Crippen LogP contribution in [-0.4, -0.2) is 66.8 Å². The van der Waals surface area contributed by atoms with E-state index in [0.717, 1.165) is 5.57 Å². The van der Waals surface area contributed by atoms with Crippen LogP contribution in [0.25, 0.3) is 0 Å². The second-order valence-electron chi connectivity index (χ2n) is 11.0. The van der Waals surface area contributed by atoms with Gasteiger partial charge in [-0.2, -0.15) is 0 Å². The summed E-state index contributed by atoms with van der Waals surface area (Å²) in [6.45, 7) is 3.71. The Hall–Kier alpha value is -2.36. The Morgan fingerprint density at radius 1 is 1.18 bits per heavy atom. The first-order chi connectivity index (χ1) is 15.8. The lowest BCUT2D eigenvalue weighted by Gasteiger charge is -2.59. The van der Waals surface area contributed by atoms with Crippen molar-refractivity contribution < 1.29 is 44.7 Å². The lowest BCUT2D eigenvalue weighted by molar-refractivity contribution is -0.186. The number of aliphatic hydroxyl groups is 3. The molecule has 4 aliphatic rings. The number of aliphatic carboxylic acids is 2. The quantitative estimate of drug-likeness (QED) is 0.377. The summed E-state index contributed by atoms with van der Waals surface area (Å²) in [5.74, 6) is -6.60. The Labute approximate surface area is 197 Å². The molecule has 0 heterocycles. The highest BCUT2D eigenvalue weighted by Gasteiger charge is 2.69. The monoisotopic (exact) mass is 476 g/mol. The summed E-state index contributed by atoms with van der Waals surface area (Å²) in [6.07, 6.45) is 2.81. The molecular weight excluding hydrogens is 444 g/mol. The Morgan fingerprint density at radius 2 is 1.85 bits per heavy atom. The average molecular weight is 477 g/mol. The number of rotatable bonds is 6. The van der Waals surface area contributed by atoms with Crippen molar-refractivity contribution in [2.45, 2.75) is 70.2 Å². The van der Waals surface area contributed by atoms with Crippen LogP contribution >= 0.6 is 0 Å². The molecule has 0 aromatic heterocycles. The number of carbonyl (C=O) groups is 4. The van der Waals surface area contributed by atoms with E-state index in [4.69, 9.17) is 5.11 Å². The number of carboxylic acids is 2. The maximum Gasteiger partial charge on any atom is 0.310 e. The molecule has 4 aliphatic carbocycles. The number of fused-ring (bicyclic) bond motifs is 5. The fourth-order valence-electron chi connectivity index (χ4n) is 7.68. The van der Waals surface area contributed by atoms with Crippen LogP contribution in [0.2, 0.25) is 0 Å². The number of hydrogen-bond acceptors (Lipinski definition) is 7.